The van der Waals surface area contributed by atoms with E-state index in [-0.39, 0.29) is 11.7 Å². The Bertz CT molecular complexity index is 463. The van der Waals surface area contributed by atoms with Gasteiger partial charge in [-0.15, -0.1) is 0 Å². The van der Waals surface area contributed by atoms with Crippen molar-refractivity contribution in [3.05, 3.63) is 22.2 Å². The van der Waals surface area contributed by atoms with Gasteiger partial charge in [-0.1, -0.05) is 20.8 Å². The van der Waals surface area contributed by atoms with Crippen LogP contribution in [-0.2, 0) is 0 Å². The first-order chi connectivity index (χ1) is 9.93. The zero-order valence-corrected chi connectivity index (χ0v) is 13.3. The second kappa shape index (κ2) is 8.44. The Morgan fingerprint density at radius 1 is 1.29 bits per heavy atom. The van der Waals surface area contributed by atoms with Crippen LogP contribution in [0.2, 0.25) is 0 Å². The van der Waals surface area contributed by atoms with Crippen LogP contribution in [0.1, 0.15) is 47.0 Å². The van der Waals surface area contributed by atoms with Gasteiger partial charge in [-0.3, -0.25) is 10.1 Å². The highest BCUT2D eigenvalue weighted by molar-refractivity contribution is 5.60. The maximum absolute atomic E-state index is 11.1. The van der Waals surface area contributed by atoms with Gasteiger partial charge >= 0.3 is 5.69 Å². The van der Waals surface area contributed by atoms with E-state index in [1.807, 2.05) is 6.92 Å². The van der Waals surface area contributed by atoms with Gasteiger partial charge in [0.2, 0.25) is 5.82 Å². The van der Waals surface area contributed by atoms with E-state index in [4.69, 9.17) is 0 Å². The minimum absolute atomic E-state index is 0.0217. The molecule has 0 bridgehead atoms. The Morgan fingerprint density at radius 2 is 2.00 bits per heavy atom. The lowest BCUT2D eigenvalue weighted by Gasteiger charge is -2.16. The van der Waals surface area contributed by atoms with Gasteiger partial charge < -0.3 is 10.6 Å². The molecule has 1 aromatic heterocycles. The third-order valence-corrected chi connectivity index (χ3v) is 3.19. The zero-order chi connectivity index (χ0) is 15.8. The van der Waals surface area contributed by atoms with E-state index in [1.54, 1.807) is 6.07 Å². The van der Waals surface area contributed by atoms with Gasteiger partial charge in [0.15, 0.2) is 0 Å². The van der Waals surface area contributed by atoms with Crippen LogP contribution in [0, 0.1) is 16.0 Å². The molecular weight excluding hydrogens is 268 g/mol. The van der Waals surface area contributed by atoms with Crippen molar-refractivity contribution in [2.75, 3.05) is 17.2 Å². The van der Waals surface area contributed by atoms with E-state index in [2.05, 4.69) is 36.4 Å². The summed E-state index contributed by atoms with van der Waals surface area (Å²) in [5, 5.41) is 17.4. The van der Waals surface area contributed by atoms with Crippen LogP contribution in [0.4, 0.5) is 17.3 Å². The molecule has 0 amide bonds. The standard InChI is InChI=1S/C15H26N4O2/c1-5-10-16-14-9-8-13(19(20)21)15(18-14)17-12(4)7-6-11(2)3/h8-9,11-12H,5-7,10H2,1-4H3,(H2,16,17,18). The molecule has 0 saturated carbocycles. The lowest BCUT2D eigenvalue weighted by Crippen LogP contribution is -2.18. The van der Waals surface area contributed by atoms with Gasteiger partial charge in [0.25, 0.3) is 0 Å². The van der Waals surface area contributed by atoms with Crippen LogP contribution >= 0.6 is 0 Å². The molecule has 1 atom stereocenters. The van der Waals surface area contributed by atoms with Gasteiger partial charge in [-0.05, 0) is 38.2 Å². The molecule has 0 fully saturated rings. The van der Waals surface area contributed by atoms with Crippen molar-refractivity contribution >= 4 is 17.3 Å². The molecule has 0 saturated heterocycles. The maximum atomic E-state index is 11.1. The van der Waals surface area contributed by atoms with E-state index < -0.39 is 4.92 Å². The van der Waals surface area contributed by atoms with Crippen molar-refractivity contribution in [1.82, 2.24) is 4.98 Å². The third kappa shape index (κ3) is 5.97. The first kappa shape index (κ1) is 17.2. The number of hydrogen-bond donors (Lipinski definition) is 2. The first-order valence-corrected chi connectivity index (χ1v) is 7.59. The minimum atomic E-state index is -0.395. The summed E-state index contributed by atoms with van der Waals surface area (Å²) in [5.74, 6) is 1.63. The lowest BCUT2D eigenvalue weighted by molar-refractivity contribution is -0.384. The monoisotopic (exact) mass is 294 g/mol. The third-order valence-electron chi connectivity index (χ3n) is 3.19. The average molecular weight is 294 g/mol. The van der Waals surface area contributed by atoms with Crippen LogP contribution in [0.5, 0.6) is 0 Å². The average Bonchev–Trinajstić information content (AvgIpc) is 2.42. The molecule has 0 spiro atoms. The predicted molar refractivity (Wildman–Crippen MR) is 86.8 cm³/mol. The molecule has 1 aromatic rings. The quantitative estimate of drug-likeness (QED) is 0.530. The summed E-state index contributed by atoms with van der Waals surface area (Å²) in [6.07, 6.45) is 3.02. The Labute approximate surface area is 126 Å². The fourth-order valence-corrected chi connectivity index (χ4v) is 1.95. The summed E-state index contributed by atoms with van der Waals surface area (Å²) in [6.45, 7) is 9.23. The number of nitrogens with one attached hydrogen (secondary N) is 2. The number of rotatable bonds is 9. The van der Waals surface area contributed by atoms with Crippen molar-refractivity contribution in [2.24, 2.45) is 5.92 Å². The maximum Gasteiger partial charge on any atom is 0.311 e. The molecule has 0 aliphatic heterocycles. The van der Waals surface area contributed by atoms with Crippen molar-refractivity contribution in [2.45, 2.75) is 53.0 Å². The largest absolute Gasteiger partial charge is 0.370 e. The van der Waals surface area contributed by atoms with E-state index in [0.717, 1.165) is 25.8 Å². The Kier molecular flexibility index (Phi) is 6.91. The smallest absolute Gasteiger partial charge is 0.311 e. The van der Waals surface area contributed by atoms with Gasteiger partial charge in [0, 0.05) is 18.7 Å². The topological polar surface area (TPSA) is 80.1 Å². The van der Waals surface area contributed by atoms with Gasteiger partial charge in [0.1, 0.15) is 5.82 Å². The van der Waals surface area contributed by atoms with Crippen molar-refractivity contribution in [1.29, 1.82) is 0 Å². The normalized spacial score (nSPS) is 12.2. The molecular formula is C15H26N4O2. The SMILES string of the molecule is CCCNc1ccc([N+](=O)[O-])c(NC(C)CCC(C)C)n1. The molecule has 6 heteroatoms. The Morgan fingerprint density at radius 3 is 2.57 bits per heavy atom. The van der Waals surface area contributed by atoms with Gasteiger partial charge in [0.05, 0.1) is 4.92 Å². The number of nitrogens with zero attached hydrogens (tertiary/aromatic N) is 2. The Hall–Kier alpha value is -1.85. The molecule has 1 heterocycles. The minimum Gasteiger partial charge on any atom is -0.370 e. The molecule has 21 heavy (non-hydrogen) atoms. The molecule has 2 N–H and O–H groups in total. The highest BCUT2D eigenvalue weighted by atomic mass is 16.6. The van der Waals surface area contributed by atoms with Crippen LogP contribution in [-0.4, -0.2) is 22.5 Å². The van der Waals surface area contributed by atoms with Crippen LogP contribution in [0.25, 0.3) is 0 Å². The number of pyridine rings is 1. The lowest BCUT2D eigenvalue weighted by atomic mass is 10.0. The summed E-state index contributed by atoms with van der Waals surface area (Å²) in [5.41, 5.74) is 0.0217. The first-order valence-electron chi connectivity index (χ1n) is 7.59. The molecule has 0 aliphatic carbocycles. The second-order valence-electron chi connectivity index (χ2n) is 5.76. The highest BCUT2D eigenvalue weighted by Crippen LogP contribution is 2.25. The number of nitro groups is 1. The van der Waals surface area contributed by atoms with E-state index >= 15 is 0 Å². The summed E-state index contributed by atoms with van der Waals surface area (Å²) in [4.78, 5) is 15.0. The van der Waals surface area contributed by atoms with E-state index in [0.29, 0.717) is 17.6 Å². The molecule has 118 valence electrons. The van der Waals surface area contributed by atoms with Gasteiger partial charge in [-0.25, -0.2) is 4.98 Å². The van der Waals surface area contributed by atoms with Crippen molar-refractivity contribution in [3.8, 4) is 0 Å². The predicted octanol–water partition coefficient (Wildman–Crippen LogP) is 4.05. The number of anilines is 2. The van der Waals surface area contributed by atoms with E-state index in [9.17, 15) is 10.1 Å². The number of hydrogen-bond acceptors (Lipinski definition) is 5. The zero-order valence-electron chi connectivity index (χ0n) is 13.3. The second-order valence-corrected chi connectivity index (χ2v) is 5.76. The summed E-state index contributed by atoms with van der Waals surface area (Å²) >= 11 is 0. The summed E-state index contributed by atoms with van der Waals surface area (Å²) in [7, 11) is 0. The van der Waals surface area contributed by atoms with Crippen molar-refractivity contribution in [3.63, 3.8) is 0 Å². The van der Waals surface area contributed by atoms with Gasteiger partial charge in [-0.2, -0.15) is 0 Å². The van der Waals surface area contributed by atoms with Crippen molar-refractivity contribution < 1.29 is 4.92 Å². The molecule has 0 aliphatic rings. The molecule has 1 unspecified atom stereocenters. The fourth-order valence-electron chi connectivity index (χ4n) is 1.95. The summed E-state index contributed by atoms with van der Waals surface area (Å²) < 4.78 is 0. The van der Waals surface area contributed by atoms with Crippen LogP contribution in [0.15, 0.2) is 12.1 Å². The highest BCUT2D eigenvalue weighted by Gasteiger charge is 2.17. The molecule has 0 radical (unpaired) electrons. The van der Waals surface area contributed by atoms with E-state index in [1.165, 1.54) is 6.07 Å². The molecule has 6 nitrogen and oxygen atoms in total. The van der Waals surface area contributed by atoms with Crippen LogP contribution in [0.3, 0.4) is 0 Å². The fraction of sp³-hybridized carbons (Fsp3) is 0.667. The molecule has 0 aromatic carbocycles. The van der Waals surface area contributed by atoms with Crippen LogP contribution < -0.4 is 10.6 Å². The molecule has 1 rings (SSSR count). The summed E-state index contributed by atoms with van der Waals surface area (Å²) in [6, 6.07) is 3.31. The number of aromatic nitrogens is 1. The Balaban J connectivity index is 2.82.